The van der Waals surface area contributed by atoms with Crippen molar-refractivity contribution in [3.05, 3.63) is 69.8 Å². The monoisotopic (exact) mass is 327 g/mol. The first-order chi connectivity index (χ1) is 11.5. The first-order valence-corrected chi connectivity index (χ1v) is 7.30. The normalized spacial score (nSPS) is 10.8. The average molecular weight is 327 g/mol. The molecular formula is C17H17N3O4. The van der Waals surface area contributed by atoms with Crippen LogP contribution in [0.4, 0.5) is 5.69 Å². The molecule has 2 rings (SSSR count). The molecule has 0 unspecified atom stereocenters. The highest BCUT2D eigenvalue weighted by Gasteiger charge is 2.10. The highest BCUT2D eigenvalue weighted by molar-refractivity contribution is 5.95. The van der Waals surface area contributed by atoms with Crippen molar-refractivity contribution in [1.82, 2.24) is 5.43 Å². The molecule has 7 heteroatoms. The maximum atomic E-state index is 11.9. The average Bonchev–Trinajstić information content (AvgIpc) is 2.56. The quantitative estimate of drug-likeness (QED) is 0.501. The summed E-state index contributed by atoms with van der Waals surface area (Å²) >= 11 is 0. The molecule has 0 aliphatic carbocycles. The Morgan fingerprint density at radius 3 is 2.58 bits per heavy atom. The molecule has 124 valence electrons. The minimum Gasteiger partial charge on any atom is -0.491 e. The Hall–Kier alpha value is -3.22. The van der Waals surface area contributed by atoms with E-state index in [1.165, 1.54) is 30.5 Å². The van der Waals surface area contributed by atoms with Gasteiger partial charge in [-0.3, -0.25) is 14.9 Å². The van der Waals surface area contributed by atoms with Crippen molar-refractivity contribution in [2.24, 2.45) is 5.10 Å². The van der Waals surface area contributed by atoms with Gasteiger partial charge in [0, 0.05) is 17.7 Å². The molecule has 0 spiro atoms. The Morgan fingerprint density at radius 2 is 1.96 bits per heavy atom. The Balaban J connectivity index is 1.97. The van der Waals surface area contributed by atoms with Crippen LogP contribution < -0.4 is 10.2 Å². The van der Waals surface area contributed by atoms with Gasteiger partial charge in [-0.2, -0.15) is 5.10 Å². The van der Waals surface area contributed by atoms with E-state index >= 15 is 0 Å². The zero-order valence-electron chi connectivity index (χ0n) is 13.3. The van der Waals surface area contributed by atoms with Crippen molar-refractivity contribution < 1.29 is 14.5 Å². The lowest BCUT2D eigenvalue weighted by molar-refractivity contribution is -0.384. The molecule has 1 N–H and O–H groups in total. The SMILES string of the molecule is CC(C)Oc1ccc(/C=N/NC(=O)c2cccc([N+](=O)[O-])c2)cc1. The zero-order valence-corrected chi connectivity index (χ0v) is 13.3. The second-order valence-corrected chi connectivity index (χ2v) is 5.24. The van der Waals surface area contributed by atoms with Gasteiger partial charge in [0.2, 0.25) is 0 Å². The number of hydrazone groups is 1. The van der Waals surface area contributed by atoms with Crippen molar-refractivity contribution in [3.8, 4) is 5.75 Å². The highest BCUT2D eigenvalue weighted by Crippen LogP contribution is 2.14. The molecule has 0 aliphatic heterocycles. The van der Waals surface area contributed by atoms with Gasteiger partial charge in [0.1, 0.15) is 5.75 Å². The van der Waals surface area contributed by atoms with Gasteiger partial charge >= 0.3 is 0 Å². The van der Waals surface area contributed by atoms with E-state index in [0.717, 1.165) is 11.3 Å². The van der Waals surface area contributed by atoms with Crippen LogP contribution in [0.5, 0.6) is 5.75 Å². The summed E-state index contributed by atoms with van der Waals surface area (Å²) in [6.45, 7) is 3.89. The van der Waals surface area contributed by atoms with Crippen molar-refractivity contribution in [3.63, 3.8) is 0 Å². The fourth-order valence-corrected chi connectivity index (χ4v) is 1.90. The Morgan fingerprint density at radius 1 is 1.25 bits per heavy atom. The van der Waals surface area contributed by atoms with E-state index in [1.54, 1.807) is 12.1 Å². The van der Waals surface area contributed by atoms with Crippen LogP contribution >= 0.6 is 0 Å². The highest BCUT2D eigenvalue weighted by atomic mass is 16.6. The smallest absolute Gasteiger partial charge is 0.271 e. The van der Waals surface area contributed by atoms with Crippen LogP contribution in [-0.2, 0) is 0 Å². The zero-order chi connectivity index (χ0) is 17.5. The van der Waals surface area contributed by atoms with Gasteiger partial charge < -0.3 is 4.74 Å². The second-order valence-electron chi connectivity index (χ2n) is 5.24. The van der Waals surface area contributed by atoms with Gasteiger partial charge in [-0.25, -0.2) is 5.43 Å². The molecule has 2 aromatic carbocycles. The molecule has 0 fully saturated rings. The third-order valence-corrected chi connectivity index (χ3v) is 2.95. The van der Waals surface area contributed by atoms with Gasteiger partial charge in [0.05, 0.1) is 17.2 Å². The molecule has 0 aliphatic rings. The number of rotatable bonds is 6. The number of amides is 1. The Labute approximate surface area is 139 Å². The summed E-state index contributed by atoms with van der Waals surface area (Å²) in [6, 6.07) is 12.7. The van der Waals surface area contributed by atoms with E-state index in [2.05, 4.69) is 10.5 Å². The fourth-order valence-electron chi connectivity index (χ4n) is 1.90. The van der Waals surface area contributed by atoms with Gasteiger partial charge in [-0.05, 0) is 49.7 Å². The van der Waals surface area contributed by atoms with Gasteiger partial charge in [0.15, 0.2) is 0 Å². The molecular weight excluding hydrogens is 310 g/mol. The number of non-ortho nitro benzene ring substituents is 1. The van der Waals surface area contributed by atoms with Crippen LogP contribution in [0.15, 0.2) is 53.6 Å². The van der Waals surface area contributed by atoms with E-state index < -0.39 is 10.8 Å². The topological polar surface area (TPSA) is 93.8 Å². The number of nitro groups is 1. The third-order valence-electron chi connectivity index (χ3n) is 2.95. The maximum Gasteiger partial charge on any atom is 0.271 e. The van der Waals surface area contributed by atoms with E-state index in [9.17, 15) is 14.9 Å². The summed E-state index contributed by atoms with van der Waals surface area (Å²) in [5, 5.41) is 14.6. The standard InChI is InChI=1S/C17H17N3O4/c1-12(2)24-16-8-6-13(7-9-16)11-18-19-17(21)14-4-3-5-15(10-14)20(22)23/h3-12H,1-2H3,(H,19,21)/b18-11+. The van der Waals surface area contributed by atoms with Crippen LogP contribution in [-0.4, -0.2) is 23.1 Å². The maximum absolute atomic E-state index is 11.9. The van der Waals surface area contributed by atoms with Gasteiger partial charge in [-0.15, -0.1) is 0 Å². The van der Waals surface area contributed by atoms with Crippen LogP contribution in [0, 0.1) is 10.1 Å². The molecule has 7 nitrogen and oxygen atoms in total. The molecule has 0 bridgehead atoms. The molecule has 24 heavy (non-hydrogen) atoms. The summed E-state index contributed by atoms with van der Waals surface area (Å²) in [5.74, 6) is 0.234. The largest absolute Gasteiger partial charge is 0.491 e. The molecule has 0 saturated heterocycles. The minimum atomic E-state index is -0.555. The number of carbonyl (C=O) groups is 1. The summed E-state index contributed by atoms with van der Waals surface area (Å²) < 4.78 is 5.53. The minimum absolute atomic E-state index is 0.0961. The van der Waals surface area contributed by atoms with Crippen molar-refractivity contribution >= 4 is 17.8 Å². The lowest BCUT2D eigenvalue weighted by Crippen LogP contribution is -2.17. The molecule has 2 aromatic rings. The number of benzene rings is 2. The lowest BCUT2D eigenvalue weighted by Gasteiger charge is -2.09. The number of ether oxygens (including phenoxy) is 1. The van der Waals surface area contributed by atoms with E-state index in [0.29, 0.717) is 0 Å². The summed E-state index contributed by atoms with van der Waals surface area (Å²) in [7, 11) is 0. The summed E-state index contributed by atoms with van der Waals surface area (Å²) in [5.41, 5.74) is 3.14. The van der Waals surface area contributed by atoms with Gasteiger partial charge in [-0.1, -0.05) is 6.07 Å². The molecule has 0 saturated carbocycles. The number of hydrogen-bond acceptors (Lipinski definition) is 5. The summed E-state index contributed by atoms with van der Waals surface area (Å²) in [4.78, 5) is 22.1. The molecule has 0 heterocycles. The first kappa shape index (κ1) is 17.1. The van der Waals surface area contributed by atoms with Crippen molar-refractivity contribution in [1.29, 1.82) is 0 Å². The Kier molecular flexibility index (Phi) is 5.62. The molecule has 0 atom stereocenters. The number of nitrogens with zero attached hydrogens (tertiary/aromatic N) is 2. The number of nitro benzene ring substituents is 1. The number of nitrogens with one attached hydrogen (secondary N) is 1. The van der Waals surface area contributed by atoms with Crippen molar-refractivity contribution in [2.45, 2.75) is 20.0 Å². The van der Waals surface area contributed by atoms with Crippen LogP contribution in [0.2, 0.25) is 0 Å². The Bertz CT molecular complexity index is 755. The van der Waals surface area contributed by atoms with Crippen LogP contribution in [0.3, 0.4) is 0 Å². The van der Waals surface area contributed by atoms with Crippen LogP contribution in [0.1, 0.15) is 29.8 Å². The van der Waals surface area contributed by atoms with E-state index in [1.807, 2.05) is 26.0 Å². The number of carbonyl (C=O) groups excluding carboxylic acids is 1. The van der Waals surface area contributed by atoms with Gasteiger partial charge in [0.25, 0.3) is 11.6 Å². The predicted molar refractivity (Wildman–Crippen MR) is 90.4 cm³/mol. The fraction of sp³-hybridized carbons (Fsp3) is 0.176. The first-order valence-electron chi connectivity index (χ1n) is 7.30. The van der Waals surface area contributed by atoms with E-state index in [4.69, 9.17) is 4.74 Å². The van der Waals surface area contributed by atoms with E-state index in [-0.39, 0.29) is 17.4 Å². The van der Waals surface area contributed by atoms with Crippen LogP contribution in [0.25, 0.3) is 0 Å². The predicted octanol–water partition coefficient (Wildman–Crippen LogP) is 3.15. The molecule has 1 amide bonds. The van der Waals surface area contributed by atoms with Crippen molar-refractivity contribution in [2.75, 3.05) is 0 Å². The molecule has 0 radical (unpaired) electrons. The summed E-state index contributed by atoms with van der Waals surface area (Å²) in [6.07, 6.45) is 1.58. The third kappa shape index (κ3) is 4.91. The lowest BCUT2D eigenvalue weighted by atomic mass is 10.2. The number of hydrogen-bond donors (Lipinski definition) is 1. The second kappa shape index (κ2) is 7.87. The molecule has 0 aromatic heterocycles.